The van der Waals surface area contributed by atoms with Crippen molar-refractivity contribution >= 4 is 17.6 Å². The smallest absolute Gasteiger partial charge is 0.193 e. The van der Waals surface area contributed by atoms with Crippen LogP contribution in [0.1, 0.15) is 25.0 Å². The predicted octanol–water partition coefficient (Wildman–Crippen LogP) is 2.24. The van der Waals surface area contributed by atoms with Crippen molar-refractivity contribution in [1.82, 2.24) is 14.8 Å². The monoisotopic (exact) mass is 268 g/mol. The fourth-order valence-electron chi connectivity index (χ4n) is 2.12. The van der Waals surface area contributed by atoms with Crippen LogP contribution in [0, 0.1) is 0 Å². The summed E-state index contributed by atoms with van der Waals surface area (Å²) in [6.45, 7) is 0.801. The molecule has 1 heterocycles. The molecular weight excluding hydrogens is 248 g/mol. The van der Waals surface area contributed by atoms with E-state index in [-0.39, 0.29) is 0 Å². The molecule has 18 heavy (non-hydrogen) atoms. The number of nitrogens with zero attached hydrogens (tertiary/aromatic N) is 3. The molecule has 0 aromatic carbocycles. The van der Waals surface area contributed by atoms with Crippen molar-refractivity contribution in [3.05, 3.63) is 23.0 Å². The average molecular weight is 269 g/mol. The first kappa shape index (κ1) is 13.3. The number of rotatable bonds is 3. The molecule has 1 aromatic rings. The van der Waals surface area contributed by atoms with Crippen LogP contribution in [0.25, 0.3) is 0 Å². The Hall–Kier alpha value is -1.16. The molecule has 0 spiro atoms. The Bertz CT molecular complexity index is 434. The maximum Gasteiger partial charge on any atom is 0.193 e. The van der Waals surface area contributed by atoms with Crippen molar-refractivity contribution in [1.29, 1.82) is 0 Å². The molecule has 0 amide bonds. The summed E-state index contributed by atoms with van der Waals surface area (Å²) >= 11 is 5.99. The summed E-state index contributed by atoms with van der Waals surface area (Å²) in [6, 6.07) is 2.59. The van der Waals surface area contributed by atoms with Gasteiger partial charge in [0.15, 0.2) is 5.96 Å². The maximum atomic E-state index is 5.99. The van der Waals surface area contributed by atoms with Gasteiger partial charge in [-0.3, -0.25) is 4.99 Å². The molecule has 100 valence electrons. The Labute approximate surface area is 114 Å². The van der Waals surface area contributed by atoms with Gasteiger partial charge in [-0.1, -0.05) is 11.6 Å². The molecule has 1 aromatic heterocycles. The van der Waals surface area contributed by atoms with Crippen LogP contribution in [0.2, 0.25) is 5.02 Å². The standard InChI is InChI=1S/C13H21ClN4/c1-15-13(16-11-5-4-6-11)18(3)9-12-7-10(14)8-17(12)2/h7-8,11H,4-6,9H2,1-3H3,(H,15,16). The third-order valence-corrected chi connectivity index (χ3v) is 3.69. The van der Waals surface area contributed by atoms with Gasteiger partial charge in [-0.05, 0) is 25.3 Å². The Morgan fingerprint density at radius 3 is 2.78 bits per heavy atom. The molecule has 4 nitrogen and oxygen atoms in total. The van der Waals surface area contributed by atoms with Crippen molar-refractivity contribution in [2.45, 2.75) is 31.8 Å². The highest BCUT2D eigenvalue weighted by Crippen LogP contribution is 2.19. The van der Waals surface area contributed by atoms with Crippen molar-refractivity contribution in [3.8, 4) is 0 Å². The average Bonchev–Trinajstić information content (AvgIpc) is 2.56. The third-order valence-electron chi connectivity index (χ3n) is 3.49. The molecule has 0 saturated heterocycles. The zero-order valence-electron chi connectivity index (χ0n) is 11.3. The van der Waals surface area contributed by atoms with Crippen molar-refractivity contribution < 1.29 is 0 Å². The van der Waals surface area contributed by atoms with Gasteiger partial charge in [0.25, 0.3) is 0 Å². The van der Waals surface area contributed by atoms with E-state index >= 15 is 0 Å². The number of aryl methyl sites for hydroxylation is 1. The van der Waals surface area contributed by atoms with E-state index in [9.17, 15) is 0 Å². The van der Waals surface area contributed by atoms with Crippen LogP contribution in [-0.2, 0) is 13.6 Å². The summed E-state index contributed by atoms with van der Waals surface area (Å²) in [4.78, 5) is 6.46. The van der Waals surface area contributed by atoms with Crippen LogP contribution in [-0.4, -0.2) is 35.6 Å². The molecule has 1 N–H and O–H groups in total. The molecule has 2 rings (SSSR count). The Morgan fingerprint density at radius 1 is 1.61 bits per heavy atom. The number of halogens is 1. The molecule has 0 unspecified atom stereocenters. The lowest BCUT2D eigenvalue weighted by Crippen LogP contribution is -2.46. The first-order valence-electron chi connectivity index (χ1n) is 6.35. The van der Waals surface area contributed by atoms with E-state index in [0.29, 0.717) is 6.04 Å². The van der Waals surface area contributed by atoms with Gasteiger partial charge in [0, 0.05) is 39.1 Å². The van der Waals surface area contributed by atoms with Crippen LogP contribution in [0.5, 0.6) is 0 Å². The molecule has 0 bridgehead atoms. The van der Waals surface area contributed by atoms with E-state index in [1.54, 1.807) is 0 Å². The minimum atomic E-state index is 0.600. The van der Waals surface area contributed by atoms with Gasteiger partial charge in [-0.25, -0.2) is 0 Å². The van der Waals surface area contributed by atoms with E-state index in [1.807, 2.05) is 26.4 Å². The van der Waals surface area contributed by atoms with Gasteiger partial charge in [-0.2, -0.15) is 0 Å². The highest BCUT2D eigenvalue weighted by Gasteiger charge is 2.20. The Balaban J connectivity index is 1.96. The zero-order chi connectivity index (χ0) is 13.1. The van der Waals surface area contributed by atoms with Crippen LogP contribution in [0.4, 0.5) is 0 Å². The molecular formula is C13H21ClN4. The molecule has 5 heteroatoms. The van der Waals surface area contributed by atoms with Crippen LogP contribution in [0.15, 0.2) is 17.3 Å². The summed E-state index contributed by atoms with van der Waals surface area (Å²) in [6.07, 6.45) is 5.75. The Morgan fingerprint density at radius 2 is 2.33 bits per heavy atom. The minimum Gasteiger partial charge on any atom is -0.354 e. The predicted molar refractivity (Wildman–Crippen MR) is 76.0 cm³/mol. The molecule has 1 aliphatic carbocycles. The second-order valence-electron chi connectivity index (χ2n) is 4.94. The number of aliphatic imine (C=N–C) groups is 1. The molecule has 1 saturated carbocycles. The molecule has 0 atom stereocenters. The highest BCUT2D eigenvalue weighted by molar-refractivity contribution is 6.30. The van der Waals surface area contributed by atoms with Gasteiger partial charge in [-0.15, -0.1) is 0 Å². The van der Waals surface area contributed by atoms with E-state index < -0.39 is 0 Å². The van der Waals surface area contributed by atoms with Gasteiger partial charge in [0.1, 0.15) is 0 Å². The third kappa shape index (κ3) is 2.99. The summed E-state index contributed by atoms with van der Waals surface area (Å²) in [5, 5.41) is 4.26. The second kappa shape index (κ2) is 5.65. The quantitative estimate of drug-likeness (QED) is 0.674. The number of guanidine groups is 1. The van der Waals surface area contributed by atoms with Crippen LogP contribution >= 0.6 is 11.6 Å². The largest absolute Gasteiger partial charge is 0.354 e. The lowest BCUT2D eigenvalue weighted by molar-refractivity contribution is 0.358. The van der Waals surface area contributed by atoms with Crippen LogP contribution < -0.4 is 5.32 Å². The lowest BCUT2D eigenvalue weighted by Gasteiger charge is -2.31. The van der Waals surface area contributed by atoms with Gasteiger partial charge in [0.05, 0.1) is 11.6 Å². The van der Waals surface area contributed by atoms with Crippen LogP contribution in [0.3, 0.4) is 0 Å². The molecule has 1 fully saturated rings. The first-order valence-corrected chi connectivity index (χ1v) is 6.73. The maximum absolute atomic E-state index is 5.99. The molecule has 0 aliphatic heterocycles. The van der Waals surface area contributed by atoms with Gasteiger partial charge >= 0.3 is 0 Å². The fraction of sp³-hybridized carbons (Fsp3) is 0.615. The first-order chi connectivity index (χ1) is 8.60. The van der Waals surface area contributed by atoms with E-state index in [0.717, 1.165) is 17.5 Å². The number of aromatic nitrogens is 1. The van der Waals surface area contributed by atoms with Crippen molar-refractivity contribution in [2.75, 3.05) is 14.1 Å². The Kier molecular flexibility index (Phi) is 4.17. The number of nitrogens with one attached hydrogen (secondary N) is 1. The zero-order valence-corrected chi connectivity index (χ0v) is 12.0. The lowest BCUT2D eigenvalue weighted by atomic mass is 9.93. The second-order valence-corrected chi connectivity index (χ2v) is 5.37. The number of hydrogen-bond donors (Lipinski definition) is 1. The number of hydrogen-bond acceptors (Lipinski definition) is 1. The summed E-state index contributed by atoms with van der Waals surface area (Å²) in [5.41, 5.74) is 1.18. The highest BCUT2D eigenvalue weighted by atomic mass is 35.5. The van der Waals surface area contributed by atoms with Crippen molar-refractivity contribution in [2.24, 2.45) is 12.0 Å². The van der Waals surface area contributed by atoms with E-state index in [1.165, 1.54) is 25.0 Å². The summed E-state index contributed by atoms with van der Waals surface area (Å²) < 4.78 is 2.05. The normalized spacial score (nSPS) is 16.6. The van der Waals surface area contributed by atoms with E-state index in [2.05, 4.69) is 26.8 Å². The van der Waals surface area contributed by atoms with Crippen molar-refractivity contribution in [3.63, 3.8) is 0 Å². The van der Waals surface area contributed by atoms with E-state index in [4.69, 9.17) is 11.6 Å². The SMILES string of the molecule is CN=C(NC1CCC1)N(C)Cc1cc(Cl)cn1C. The summed E-state index contributed by atoms with van der Waals surface area (Å²) in [7, 11) is 5.89. The minimum absolute atomic E-state index is 0.600. The topological polar surface area (TPSA) is 32.6 Å². The van der Waals surface area contributed by atoms with Gasteiger partial charge < -0.3 is 14.8 Å². The van der Waals surface area contributed by atoms with Gasteiger partial charge in [0.2, 0.25) is 0 Å². The fourth-order valence-corrected chi connectivity index (χ4v) is 2.39. The molecule has 1 aliphatic rings. The molecule has 0 radical (unpaired) electrons. The summed E-state index contributed by atoms with van der Waals surface area (Å²) in [5.74, 6) is 0.956.